The molecular weight excluding hydrogens is 674 g/mol. The van der Waals surface area contributed by atoms with Crippen molar-refractivity contribution in [3.63, 3.8) is 0 Å². The largest absolute Gasteiger partial charge is 1.00 e. The molecule has 0 rings (SSSR count). The van der Waals surface area contributed by atoms with Crippen LogP contribution in [0, 0.1) is 0 Å². The van der Waals surface area contributed by atoms with Crippen LogP contribution in [0.25, 0.3) is 0 Å². The van der Waals surface area contributed by atoms with E-state index in [0.29, 0.717) is 0 Å². The third-order valence-electron chi connectivity index (χ3n) is 12.0. The van der Waals surface area contributed by atoms with Crippen molar-refractivity contribution in [2.45, 2.75) is 296 Å². The zero-order valence-electron chi connectivity index (χ0n) is 37.5. The number of aliphatic carboxylic acids is 1. The fraction of sp³-hybridized carbons (Fsp3) is 0.980. The molecule has 1 unspecified atom stereocenters. The second kappa shape index (κ2) is 49.2. The molecule has 312 valence electrons. The fourth-order valence-electron chi connectivity index (χ4n) is 8.34. The van der Waals surface area contributed by atoms with E-state index in [9.17, 15) is 9.90 Å². The van der Waals surface area contributed by atoms with Crippen LogP contribution < -0.4 is 56.5 Å². The molecule has 0 aromatic rings. The predicted molar refractivity (Wildman–Crippen MR) is 231 cm³/mol. The van der Waals surface area contributed by atoms with E-state index in [2.05, 4.69) is 25.7 Å². The quantitative estimate of drug-likeness (QED) is 0.0457. The summed E-state index contributed by atoms with van der Waals surface area (Å²) in [7, 11) is 0. The van der Waals surface area contributed by atoms with Crippen molar-refractivity contribution in [2.24, 2.45) is 0 Å². The van der Waals surface area contributed by atoms with E-state index < -0.39 is 5.97 Å². The van der Waals surface area contributed by atoms with Crippen LogP contribution in [0.1, 0.15) is 290 Å². The molecule has 1 atom stereocenters. The number of nitrogens with zero attached hydrogens (tertiary/aromatic N) is 1. The molecule has 4 heteroatoms. The molecular formula is C49H98KNO2. The first-order chi connectivity index (χ1) is 25.7. The smallest absolute Gasteiger partial charge is 0.550 e. The van der Waals surface area contributed by atoms with Gasteiger partial charge in [0.05, 0.1) is 0 Å². The van der Waals surface area contributed by atoms with Gasteiger partial charge in [0.15, 0.2) is 0 Å². The fourth-order valence-corrected chi connectivity index (χ4v) is 8.34. The second-order valence-corrected chi connectivity index (χ2v) is 17.1. The van der Waals surface area contributed by atoms with Crippen molar-refractivity contribution in [1.29, 1.82) is 0 Å². The topological polar surface area (TPSA) is 43.4 Å². The third-order valence-corrected chi connectivity index (χ3v) is 12.0. The van der Waals surface area contributed by atoms with Crippen molar-refractivity contribution in [1.82, 2.24) is 4.90 Å². The Morgan fingerprint density at radius 1 is 0.358 bits per heavy atom. The van der Waals surface area contributed by atoms with Crippen molar-refractivity contribution < 1.29 is 61.3 Å². The van der Waals surface area contributed by atoms with Crippen LogP contribution in [0.4, 0.5) is 0 Å². The molecule has 0 bridgehead atoms. The standard InChI is InChI=1S/C49H99NO2.K/c1-4-7-9-11-13-15-17-19-21-23-25-27-29-31-33-35-37-39-41-43-45-50(48(6-3)47-49(51)52)46-44-42-40-38-36-34-32-30-28-26-24-22-20-18-16-14-12-10-8-5-2;/h48H,4-47H2,1-3H3,(H,51,52);/q;+1/p-1. The summed E-state index contributed by atoms with van der Waals surface area (Å²) in [5.41, 5.74) is 0. The van der Waals surface area contributed by atoms with Crippen LogP contribution in [-0.2, 0) is 4.79 Å². The van der Waals surface area contributed by atoms with E-state index >= 15 is 0 Å². The van der Waals surface area contributed by atoms with Gasteiger partial charge in [-0.15, -0.1) is 0 Å². The second-order valence-electron chi connectivity index (χ2n) is 17.1. The molecule has 0 heterocycles. The van der Waals surface area contributed by atoms with Gasteiger partial charge in [0.2, 0.25) is 0 Å². The van der Waals surface area contributed by atoms with Gasteiger partial charge < -0.3 is 14.8 Å². The molecule has 0 aromatic carbocycles. The Hall–Kier alpha value is 1.07. The first-order valence-corrected chi connectivity index (χ1v) is 24.6. The molecule has 0 saturated heterocycles. The molecule has 0 saturated carbocycles. The van der Waals surface area contributed by atoms with Crippen LogP contribution in [0.15, 0.2) is 0 Å². The normalized spacial score (nSPS) is 12.1. The minimum atomic E-state index is -0.885. The number of carbonyl (C=O) groups is 1. The summed E-state index contributed by atoms with van der Waals surface area (Å²) in [6.07, 6.45) is 57.5. The van der Waals surface area contributed by atoms with Gasteiger partial charge in [-0.3, -0.25) is 0 Å². The Morgan fingerprint density at radius 2 is 0.547 bits per heavy atom. The summed E-state index contributed by atoms with van der Waals surface area (Å²) >= 11 is 0. The molecule has 0 aliphatic heterocycles. The number of hydrogen-bond acceptors (Lipinski definition) is 3. The number of rotatable bonds is 46. The Kier molecular flexibility index (Phi) is 52.2. The number of carboxylic acid groups (broad SMARTS) is 1. The molecule has 0 fully saturated rings. The Morgan fingerprint density at radius 3 is 0.717 bits per heavy atom. The summed E-state index contributed by atoms with van der Waals surface area (Å²) in [6, 6.07) is 0.144. The zero-order chi connectivity index (χ0) is 37.8. The van der Waals surface area contributed by atoms with E-state index in [1.165, 1.54) is 257 Å². The van der Waals surface area contributed by atoms with E-state index in [0.717, 1.165) is 19.5 Å². The monoisotopic (exact) mass is 772 g/mol. The number of carbonyl (C=O) groups excluding carboxylic acids is 1. The van der Waals surface area contributed by atoms with E-state index in [1.807, 2.05) is 0 Å². The van der Waals surface area contributed by atoms with Gasteiger partial charge >= 0.3 is 51.4 Å². The van der Waals surface area contributed by atoms with Gasteiger partial charge in [-0.1, -0.05) is 265 Å². The van der Waals surface area contributed by atoms with E-state index in [1.54, 1.807) is 0 Å². The number of carboxylic acids is 1. The summed E-state index contributed by atoms with van der Waals surface area (Å²) in [5, 5.41) is 11.5. The van der Waals surface area contributed by atoms with Crippen molar-refractivity contribution in [2.75, 3.05) is 13.1 Å². The maximum Gasteiger partial charge on any atom is 1.00 e. The Labute approximate surface area is 378 Å². The maximum absolute atomic E-state index is 11.5. The minimum absolute atomic E-state index is 0. The van der Waals surface area contributed by atoms with Gasteiger partial charge in [-0.05, 0) is 32.4 Å². The van der Waals surface area contributed by atoms with Crippen LogP contribution in [0.2, 0.25) is 0 Å². The van der Waals surface area contributed by atoms with E-state index in [-0.39, 0.29) is 63.8 Å². The van der Waals surface area contributed by atoms with Crippen molar-refractivity contribution >= 4 is 5.97 Å². The predicted octanol–water partition coefficient (Wildman–Crippen LogP) is 12.9. The first-order valence-electron chi connectivity index (χ1n) is 24.6. The summed E-state index contributed by atoms with van der Waals surface area (Å²) in [4.78, 5) is 13.9. The molecule has 0 N–H and O–H groups in total. The van der Waals surface area contributed by atoms with Crippen LogP contribution >= 0.6 is 0 Å². The number of unbranched alkanes of at least 4 members (excludes halogenated alkanes) is 38. The third kappa shape index (κ3) is 45.6. The number of hydrogen-bond donors (Lipinski definition) is 0. The van der Waals surface area contributed by atoms with Crippen LogP contribution in [0.5, 0.6) is 0 Å². The first kappa shape index (κ1) is 56.2. The summed E-state index contributed by atoms with van der Waals surface area (Å²) in [5.74, 6) is -0.885. The molecule has 53 heavy (non-hydrogen) atoms. The summed E-state index contributed by atoms with van der Waals surface area (Å²) in [6.45, 7) is 8.87. The summed E-state index contributed by atoms with van der Waals surface area (Å²) < 4.78 is 0. The molecule has 0 aliphatic carbocycles. The van der Waals surface area contributed by atoms with Crippen LogP contribution in [0.3, 0.4) is 0 Å². The average molecular weight is 772 g/mol. The van der Waals surface area contributed by atoms with Crippen molar-refractivity contribution in [3.05, 3.63) is 0 Å². The molecule has 0 radical (unpaired) electrons. The van der Waals surface area contributed by atoms with Crippen LogP contribution in [-0.4, -0.2) is 30.0 Å². The SMILES string of the molecule is CCCCCCCCCCCCCCCCCCCCCCN(CCCCCCCCCCCCCCCCCCCCCC)C(CC)CC(=O)[O-].[K+]. The van der Waals surface area contributed by atoms with Gasteiger partial charge in [-0.25, -0.2) is 0 Å². The molecule has 0 aliphatic rings. The van der Waals surface area contributed by atoms with Gasteiger partial charge in [0, 0.05) is 18.4 Å². The van der Waals surface area contributed by atoms with E-state index in [4.69, 9.17) is 0 Å². The van der Waals surface area contributed by atoms with Gasteiger partial charge in [0.25, 0.3) is 0 Å². The maximum atomic E-state index is 11.5. The minimum Gasteiger partial charge on any atom is -0.550 e. The Balaban J connectivity index is 0. The molecule has 0 aromatic heterocycles. The Bertz CT molecular complexity index is 629. The molecule has 0 amide bonds. The average Bonchev–Trinajstić information content (AvgIpc) is 3.14. The zero-order valence-corrected chi connectivity index (χ0v) is 40.6. The van der Waals surface area contributed by atoms with Gasteiger partial charge in [-0.2, -0.15) is 0 Å². The van der Waals surface area contributed by atoms with Gasteiger partial charge in [0.1, 0.15) is 0 Å². The van der Waals surface area contributed by atoms with Crippen molar-refractivity contribution in [3.8, 4) is 0 Å². The molecule has 3 nitrogen and oxygen atoms in total. The molecule has 0 spiro atoms.